The van der Waals surface area contributed by atoms with E-state index in [9.17, 15) is 28.0 Å². The lowest BCUT2D eigenvalue weighted by Crippen LogP contribution is -2.53. The topological polar surface area (TPSA) is 183 Å². The quantitative estimate of drug-likeness (QED) is 0.0826. The van der Waals surface area contributed by atoms with Crippen LogP contribution in [0.3, 0.4) is 0 Å². The van der Waals surface area contributed by atoms with Gasteiger partial charge in [0.1, 0.15) is 18.1 Å². The number of carbonyl (C=O) groups is 3. The maximum absolute atomic E-state index is 14.1. The Morgan fingerprint density at radius 1 is 1.05 bits per heavy atom. The van der Waals surface area contributed by atoms with E-state index in [0.29, 0.717) is 48.2 Å². The van der Waals surface area contributed by atoms with Gasteiger partial charge >= 0.3 is 5.69 Å². The zero-order valence-electron chi connectivity index (χ0n) is 34.0. The summed E-state index contributed by atoms with van der Waals surface area (Å²) in [6.07, 6.45) is 9.49. The Hall–Kier alpha value is -5.75. The third-order valence-corrected chi connectivity index (χ3v) is 12.5. The molecule has 0 radical (unpaired) electrons. The maximum Gasteiger partial charge on any atom is 0.329 e. The lowest BCUT2D eigenvalue weighted by molar-refractivity contribution is -0.135. The second-order valence-corrected chi connectivity index (χ2v) is 16.9. The number of alkyl halides is 2. The first-order chi connectivity index (χ1) is 29.6. The van der Waals surface area contributed by atoms with Crippen LogP contribution in [0.5, 0.6) is 0 Å². The van der Waals surface area contributed by atoms with Gasteiger partial charge in [-0.2, -0.15) is 5.10 Å². The van der Waals surface area contributed by atoms with Crippen LogP contribution in [0.15, 0.2) is 58.2 Å². The number of para-hydroxylation sites is 1. The van der Waals surface area contributed by atoms with Crippen molar-refractivity contribution in [2.24, 2.45) is 18.9 Å². The Morgan fingerprint density at radius 3 is 2.62 bits per heavy atom. The predicted molar refractivity (Wildman–Crippen MR) is 220 cm³/mol. The van der Waals surface area contributed by atoms with Crippen molar-refractivity contribution in [3.63, 3.8) is 0 Å². The molecule has 4 fully saturated rings. The molecule has 61 heavy (non-hydrogen) atoms. The Balaban J connectivity index is 0.716. The average Bonchev–Trinajstić information content (AvgIpc) is 3.64. The van der Waals surface area contributed by atoms with Gasteiger partial charge in [0.05, 0.1) is 28.9 Å². The van der Waals surface area contributed by atoms with Crippen LogP contribution in [0, 0.1) is 11.8 Å². The van der Waals surface area contributed by atoms with E-state index in [1.807, 2.05) is 18.2 Å². The van der Waals surface area contributed by atoms with Crippen molar-refractivity contribution >= 4 is 40.3 Å². The number of ether oxygens (including phenoxy) is 1. The molecule has 2 aliphatic carbocycles. The minimum absolute atomic E-state index is 0.0326. The molecule has 4 aliphatic rings. The highest BCUT2D eigenvalue weighted by Gasteiger charge is 2.34. The third-order valence-electron chi connectivity index (χ3n) is 12.5. The van der Waals surface area contributed by atoms with Gasteiger partial charge < -0.3 is 19.8 Å². The van der Waals surface area contributed by atoms with Gasteiger partial charge in [-0.15, -0.1) is 0 Å². The van der Waals surface area contributed by atoms with E-state index >= 15 is 0 Å². The van der Waals surface area contributed by atoms with Crippen LogP contribution in [0.25, 0.3) is 22.5 Å². The molecule has 18 heteroatoms. The van der Waals surface area contributed by atoms with Crippen molar-refractivity contribution in [2.75, 3.05) is 43.4 Å². The van der Waals surface area contributed by atoms with Crippen LogP contribution in [-0.4, -0.2) is 90.4 Å². The summed E-state index contributed by atoms with van der Waals surface area (Å²) in [5.74, 6) is 0.633. The van der Waals surface area contributed by atoms with E-state index in [2.05, 4.69) is 35.9 Å². The number of piperidine rings is 1. The molecule has 16 nitrogen and oxygen atoms in total. The number of imide groups is 1. The fraction of sp³-hybridized carbons (Fsp3) is 0.512. The fourth-order valence-corrected chi connectivity index (χ4v) is 8.98. The zero-order valence-corrected chi connectivity index (χ0v) is 34.0. The molecular formula is C43H50F2N10O6. The second-order valence-electron chi connectivity index (χ2n) is 16.9. The maximum atomic E-state index is 14.1. The van der Waals surface area contributed by atoms with Crippen LogP contribution >= 0.6 is 0 Å². The van der Waals surface area contributed by atoms with E-state index < -0.39 is 30.0 Å². The highest BCUT2D eigenvalue weighted by molar-refractivity contribution is 6.03. The molecule has 2 saturated carbocycles. The lowest BCUT2D eigenvalue weighted by Gasteiger charge is -2.42. The molecule has 0 spiro atoms. The molecular weight excluding hydrogens is 791 g/mol. The Labute approximate surface area is 350 Å². The highest BCUT2D eigenvalue weighted by Crippen LogP contribution is 2.36. The summed E-state index contributed by atoms with van der Waals surface area (Å²) in [7, 11) is 1.71. The second kappa shape index (κ2) is 17.3. The molecule has 1 aromatic carbocycles. The van der Waals surface area contributed by atoms with E-state index in [1.165, 1.54) is 29.9 Å². The summed E-state index contributed by atoms with van der Waals surface area (Å²) in [6, 6.07) is 8.50. The molecule has 5 aromatic rings. The number of oxazole rings is 1. The largest absolute Gasteiger partial charge is 0.444 e. The minimum atomic E-state index is -2.87. The van der Waals surface area contributed by atoms with Crippen molar-refractivity contribution in [3.05, 3.63) is 76.4 Å². The molecule has 6 heterocycles. The van der Waals surface area contributed by atoms with Gasteiger partial charge in [0.2, 0.25) is 17.7 Å². The molecule has 4 aromatic heterocycles. The standard InChI is InChI=1S/C43H50F2N10O6/c1-52-38-27(4-2-6-33(38)55(43(52)59)34-13-14-36(56)50-41(34)58)5-3-17-60-30-21-53(22-30)20-26-9-11-29(12-10-26)54-23-31(37(51-54)39(44)45)48-40(57)32-24-61-42(49-32)28-15-16-46-35(18-28)47-19-25-7-8-25/h2,4,6,15-16,18,23-26,29-30,34,39H,3,5,7-14,17,19-22H2,1H3,(H,46,47)(H,48,57)(H,50,56,58). The highest BCUT2D eigenvalue weighted by atomic mass is 19.3. The number of fused-ring (bicyclic) bond motifs is 1. The lowest BCUT2D eigenvalue weighted by atomic mass is 9.85. The monoisotopic (exact) mass is 840 g/mol. The van der Waals surface area contributed by atoms with Crippen molar-refractivity contribution < 1.29 is 32.3 Å². The number of aryl methyl sites for hydroxylation is 2. The van der Waals surface area contributed by atoms with Gasteiger partial charge in [-0.3, -0.25) is 38.4 Å². The number of nitrogens with one attached hydrogen (secondary N) is 3. The number of pyridine rings is 1. The summed E-state index contributed by atoms with van der Waals surface area (Å²) < 4.78 is 44.7. The smallest absolute Gasteiger partial charge is 0.329 e. The number of hydrogen-bond acceptors (Lipinski definition) is 11. The van der Waals surface area contributed by atoms with E-state index in [-0.39, 0.29) is 47.4 Å². The molecule has 322 valence electrons. The third kappa shape index (κ3) is 8.87. The minimum Gasteiger partial charge on any atom is -0.444 e. The number of nitrogens with zero attached hydrogens (tertiary/aromatic N) is 7. The van der Waals surface area contributed by atoms with E-state index in [4.69, 9.17) is 9.15 Å². The summed E-state index contributed by atoms with van der Waals surface area (Å²) in [5.41, 5.74) is 2.30. The molecule has 1 unspecified atom stereocenters. The molecule has 3 N–H and O–H groups in total. The molecule has 2 saturated heterocycles. The number of amides is 3. The zero-order chi connectivity index (χ0) is 42.2. The molecule has 3 amide bonds. The van der Waals surface area contributed by atoms with Crippen LogP contribution in [0.4, 0.5) is 20.3 Å². The van der Waals surface area contributed by atoms with Crippen molar-refractivity contribution in [3.8, 4) is 11.5 Å². The summed E-state index contributed by atoms with van der Waals surface area (Å²) >= 11 is 0. The first-order valence-electron chi connectivity index (χ1n) is 21.3. The van der Waals surface area contributed by atoms with Crippen molar-refractivity contribution in [1.82, 2.24) is 39.1 Å². The number of imidazole rings is 1. The van der Waals surface area contributed by atoms with Gasteiger partial charge in [0.15, 0.2) is 11.4 Å². The number of carbonyl (C=O) groups excluding carboxylic acids is 3. The van der Waals surface area contributed by atoms with Crippen LogP contribution in [0.2, 0.25) is 0 Å². The van der Waals surface area contributed by atoms with Crippen LogP contribution in [0.1, 0.15) is 98.0 Å². The normalized spacial score (nSPS) is 21.2. The van der Waals surface area contributed by atoms with E-state index in [1.54, 1.807) is 34.6 Å². The van der Waals surface area contributed by atoms with Gasteiger partial charge in [-0.25, -0.2) is 23.5 Å². The number of aromatic nitrogens is 6. The first kappa shape index (κ1) is 40.6. The Morgan fingerprint density at radius 2 is 1.85 bits per heavy atom. The number of hydrogen-bond donors (Lipinski definition) is 3. The molecule has 0 bridgehead atoms. The number of likely N-dealkylation sites (tertiary alicyclic amines) is 1. The van der Waals surface area contributed by atoms with Crippen LogP contribution < -0.4 is 21.6 Å². The number of halogens is 2. The Bertz CT molecular complexity index is 2480. The number of rotatable bonds is 16. The van der Waals surface area contributed by atoms with Gasteiger partial charge in [0, 0.05) is 64.2 Å². The van der Waals surface area contributed by atoms with Gasteiger partial charge in [0.25, 0.3) is 12.3 Å². The predicted octanol–water partition coefficient (Wildman–Crippen LogP) is 5.64. The fourth-order valence-electron chi connectivity index (χ4n) is 8.98. The van der Waals surface area contributed by atoms with Crippen molar-refractivity contribution in [2.45, 2.75) is 88.8 Å². The first-order valence-corrected chi connectivity index (χ1v) is 21.3. The SMILES string of the molecule is Cn1c(=O)n(C2CCC(=O)NC2=O)c2cccc(CCCOC3CN(CC4CCC(n5cc(NC(=O)c6coc(-c7ccnc(NCC8CC8)c7)n6)c(C(F)F)n5)CC4)C3)c21. The molecule has 1 atom stereocenters. The van der Waals surface area contributed by atoms with E-state index in [0.717, 1.165) is 69.4 Å². The Kier molecular flexibility index (Phi) is 11.5. The molecule has 2 aliphatic heterocycles. The van der Waals surface area contributed by atoms with Crippen LogP contribution in [-0.2, 0) is 27.8 Å². The summed E-state index contributed by atoms with van der Waals surface area (Å²) in [6.45, 7) is 4.09. The number of benzene rings is 1. The summed E-state index contributed by atoms with van der Waals surface area (Å²) in [5, 5.41) is 12.5. The van der Waals surface area contributed by atoms with Gasteiger partial charge in [-0.1, -0.05) is 12.1 Å². The molecule has 9 rings (SSSR count). The average molecular weight is 841 g/mol. The summed E-state index contributed by atoms with van der Waals surface area (Å²) in [4.78, 5) is 61.7. The van der Waals surface area contributed by atoms with Crippen molar-refractivity contribution in [1.29, 1.82) is 0 Å². The number of anilines is 2. The van der Waals surface area contributed by atoms with Gasteiger partial charge in [-0.05, 0) is 93.4 Å².